The lowest BCUT2D eigenvalue weighted by molar-refractivity contribution is -0.156. The van der Waals surface area contributed by atoms with Crippen molar-refractivity contribution in [3.05, 3.63) is 0 Å². The van der Waals surface area contributed by atoms with Gasteiger partial charge in [0.1, 0.15) is 5.41 Å². The fraction of sp³-hybridized carbons (Fsp3) is 0.778. The first-order valence-electron chi connectivity index (χ1n) is 4.26. The number of methoxy groups -OCH3 is 1. The number of carbonyl (C=O) groups is 2. The van der Waals surface area contributed by atoms with Crippen LogP contribution < -0.4 is 0 Å². The van der Waals surface area contributed by atoms with Gasteiger partial charge in [-0.05, 0) is 20.9 Å². The number of likely N-dealkylation sites (N-methyl/N-ethyl adjacent to an activating group) is 1. The first-order chi connectivity index (χ1) is 5.94. The van der Waals surface area contributed by atoms with Gasteiger partial charge in [0.15, 0.2) is 5.78 Å². The van der Waals surface area contributed by atoms with E-state index in [1.807, 2.05) is 18.9 Å². The molecule has 1 aliphatic rings. The van der Waals surface area contributed by atoms with Crippen molar-refractivity contribution >= 4 is 11.8 Å². The summed E-state index contributed by atoms with van der Waals surface area (Å²) in [4.78, 5) is 24.9. The third-order valence-electron chi connectivity index (χ3n) is 3.08. The molecule has 0 aliphatic carbocycles. The van der Waals surface area contributed by atoms with Crippen LogP contribution in [0, 0.1) is 5.41 Å². The summed E-state index contributed by atoms with van der Waals surface area (Å²) in [5.74, 6) is -0.497. The molecule has 0 saturated carbocycles. The highest BCUT2D eigenvalue weighted by atomic mass is 16.5. The normalized spacial score (nSPS) is 35.1. The molecule has 74 valence electrons. The first kappa shape index (κ1) is 10.2. The number of nitrogens with zero attached hydrogens (tertiary/aromatic N) is 1. The molecule has 2 atom stereocenters. The van der Waals surface area contributed by atoms with Gasteiger partial charge in [-0.3, -0.25) is 14.5 Å². The van der Waals surface area contributed by atoms with Gasteiger partial charge in [0.05, 0.1) is 13.7 Å². The highest BCUT2D eigenvalue weighted by molar-refractivity contribution is 6.06. The van der Waals surface area contributed by atoms with Gasteiger partial charge in [0.25, 0.3) is 0 Å². The highest BCUT2D eigenvalue weighted by Crippen LogP contribution is 2.33. The van der Waals surface area contributed by atoms with Crippen molar-refractivity contribution < 1.29 is 14.3 Å². The molecule has 0 aromatic rings. The van der Waals surface area contributed by atoms with Gasteiger partial charge in [-0.2, -0.15) is 0 Å². The molecule has 0 amide bonds. The molecular weight excluding hydrogens is 170 g/mol. The number of ether oxygens (including phenoxy) is 1. The summed E-state index contributed by atoms with van der Waals surface area (Å²) in [5, 5.41) is 0. The van der Waals surface area contributed by atoms with E-state index >= 15 is 0 Å². The van der Waals surface area contributed by atoms with E-state index in [1.165, 1.54) is 7.11 Å². The lowest BCUT2D eigenvalue weighted by atomic mass is 9.82. The van der Waals surface area contributed by atoms with Crippen molar-refractivity contribution in [1.29, 1.82) is 0 Å². The molecule has 1 saturated heterocycles. The van der Waals surface area contributed by atoms with Gasteiger partial charge in [-0.25, -0.2) is 0 Å². The van der Waals surface area contributed by atoms with Crippen LogP contribution in [0.2, 0.25) is 0 Å². The van der Waals surface area contributed by atoms with Crippen molar-refractivity contribution in [3.63, 3.8) is 0 Å². The SMILES string of the molecule is COC(=O)C1(C)C(=O)CN(C)C1C. The zero-order valence-corrected chi connectivity index (χ0v) is 8.46. The van der Waals surface area contributed by atoms with Crippen LogP contribution in [0.25, 0.3) is 0 Å². The second-order valence-electron chi connectivity index (χ2n) is 3.71. The molecule has 0 N–H and O–H groups in total. The minimum absolute atomic E-state index is 0.0608. The molecule has 13 heavy (non-hydrogen) atoms. The van der Waals surface area contributed by atoms with Crippen molar-refractivity contribution in [2.75, 3.05) is 20.7 Å². The fourth-order valence-corrected chi connectivity index (χ4v) is 1.70. The number of hydrogen-bond acceptors (Lipinski definition) is 4. The molecule has 4 nitrogen and oxygen atoms in total. The quantitative estimate of drug-likeness (QED) is 0.428. The zero-order chi connectivity index (χ0) is 10.2. The summed E-state index contributed by atoms with van der Waals surface area (Å²) >= 11 is 0. The second-order valence-corrected chi connectivity index (χ2v) is 3.71. The third kappa shape index (κ3) is 1.25. The second kappa shape index (κ2) is 3.10. The number of Topliss-reactive ketones (excluding diaryl/α,β-unsaturated/α-hetero) is 1. The Labute approximate surface area is 77.8 Å². The summed E-state index contributed by atoms with van der Waals surface area (Å²) in [6, 6.07) is -0.0903. The molecule has 4 heteroatoms. The Kier molecular flexibility index (Phi) is 2.43. The minimum atomic E-state index is -0.983. The van der Waals surface area contributed by atoms with E-state index < -0.39 is 11.4 Å². The molecule has 1 heterocycles. The Morgan fingerprint density at radius 1 is 1.69 bits per heavy atom. The van der Waals surface area contributed by atoms with Gasteiger partial charge in [0.2, 0.25) is 0 Å². The van der Waals surface area contributed by atoms with Crippen LogP contribution in [0.5, 0.6) is 0 Å². The van der Waals surface area contributed by atoms with Crippen molar-refractivity contribution in [2.45, 2.75) is 19.9 Å². The molecule has 0 radical (unpaired) electrons. The summed E-state index contributed by atoms with van der Waals surface area (Å²) in [6.07, 6.45) is 0. The maximum Gasteiger partial charge on any atom is 0.320 e. The monoisotopic (exact) mass is 185 g/mol. The fourth-order valence-electron chi connectivity index (χ4n) is 1.70. The van der Waals surface area contributed by atoms with Crippen LogP contribution in [-0.4, -0.2) is 43.4 Å². The Morgan fingerprint density at radius 3 is 2.54 bits per heavy atom. The maximum absolute atomic E-state index is 11.6. The van der Waals surface area contributed by atoms with Crippen molar-refractivity contribution in [1.82, 2.24) is 4.90 Å². The van der Waals surface area contributed by atoms with E-state index in [1.54, 1.807) is 6.92 Å². The Hall–Kier alpha value is -0.900. The lowest BCUT2D eigenvalue weighted by Gasteiger charge is -2.26. The van der Waals surface area contributed by atoms with Gasteiger partial charge in [-0.15, -0.1) is 0 Å². The van der Waals surface area contributed by atoms with Crippen LogP contribution in [0.4, 0.5) is 0 Å². The summed E-state index contributed by atoms with van der Waals surface area (Å²) in [7, 11) is 3.14. The molecule has 0 aromatic carbocycles. The van der Waals surface area contributed by atoms with E-state index in [2.05, 4.69) is 4.74 Å². The largest absolute Gasteiger partial charge is 0.468 e. The van der Waals surface area contributed by atoms with Crippen molar-refractivity contribution in [3.8, 4) is 0 Å². The smallest absolute Gasteiger partial charge is 0.320 e. The van der Waals surface area contributed by atoms with E-state index in [-0.39, 0.29) is 11.8 Å². The van der Waals surface area contributed by atoms with Crippen LogP contribution in [0.3, 0.4) is 0 Å². The maximum atomic E-state index is 11.6. The van der Waals surface area contributed by atoms with Crippen molar-refractivity contribution in [2.24, 2.45) is 5.41 Å². The minimum Gasteiger partial charge on any atom is -0.468 e. The van der Waals surface area contributed by atoms with Crippen LogP contribution in [0.1, 0.15) is 13.8 Å². The molecule has 1 rings (SSSR count). The molecule has 2 unspecified atom stereocenters. The average molecular weight is 185 g/mol. The number of hydrogen-bond donors (Lipinski definition) is 0. The third-order valence-corrected chi connectivity index (χ3v) is 3.08. The van der Waals surface area contributed by atoms with E-state index in [0.717, 1.165) is 0 Å². The number of ketones is 1. The van der Waals surface area contributed by atoms with Crippen LogP contribution in [0.15, 0.2) is 0 Å². The topological polar surface area (TPSA) is 46.6 Å². The summed E-state index contributed by atoms with van der Waals surface area (Å²) in [6.45, 7) is 3.84. The number of esters is 1. The van der Waals surface area contributed by atoms with Gasteiger partial charge >= 0.3 is 5.97 Å². The predicted octanol–water partition coefficient (Wildman–Crippen LogP) is 0.0687. The summed E-state index contributed by atoms with van der Waals surface area (Å²) < 4.78 is 4.64. The first-order valence-corrected chi connectivity index (χ1v) is 4.26. The van der Waals surface area contributed by atoms with E-state index in [0.29, 0.717) is 6.54 Å². The standard InChI is InChI=1S/C9H15NO3/c1-6-9(2,8(12)13-4)7(11)5-10(6)3/h6H,5H2,1-4H3. The number of likely N-dealkylation sites (tertiary alicyclic amines) is 1. The Balaban J connectivity index is 3.00. The number of rotatable bonds is 1. The van der Waals surface area contributed by atoms with E-state index in [9.17, 15) is 9.59 Å². The average Bonchev–Trinajstić information content (AvgIpc) is 2.30. The molecule has 0 aromatic heterocycles. The van der Waals surface area contributed by atoms with Gasteiger partial charge in [0, 0.05) is 6.04 Å². The molecule has 0 spiro atoms. The predicted molar refractivity (Wildman–Crippen MR) is 47.2 cm³/mol. The molecule has 0 bridgehead atoms. The zero-order valence-electron chi connectivity index (χ0n) is 8.46. The molecule has 1 fully saturated rings. The Morgan fingerprint density at radius 2 is 2.23 bits per heavy atom. The van der Waals surface area contributed by atoms with Crippen LogP contribution >= 0.6 is 0 Å². The van der Waals surface area contributed by atoms with Crippen LogP contribution in [-0.2, 0) is 14.3 Å². The van der Waals surface area contributed by atoms with E-state index in [4.69, 9.17) is 0 Å². The van der Waals surface area contributed by atoms with Gasteiger partial charge < -0.3 is 4.74 Å². The Bertz CT molecular complexity index is 241. The molecule has 1 aliphatic heterocycles. The highest BCUT2D eigenvalue weighted by Gasteiger charge is 2.53. The summed E-state index contributed by atoms with van der Waals surface area (Å²) in [5.41, 5.74) is -0.983. The number of carbonyl (C=O) groups excluding carboxylic acids is 2. The lowest BCUT2D eigenvalue weighted by Crippen LogP contribution is -2.43. The van der Waals surface area contributed by atoms with Gasteiger partial charge in [-0.1, -0.05) is 0 Å². The molecular formula is C9H15NO3.